The van der Waals surface area contributed by atoms with E-state index in [0.717, 1.165) is 19.3 Å². The zero-order chi connectivity index (χ0) is 42.3. The Morgan fingerprint density at radius 1 is 0.250 bits per heavy atom. The highest BCUT2D eigenvalue weighted by Crippen LogP contribution is 2.65. The van der Waals surface area contributed by atoms with Gasteiger partial charge in [0.15, 0.2) is 0 Å². The van der Waals surface area contributed by atoms with Crippen molar-refractivity contribution >= 4 is 34.9 Å². The van der Waals surface area contributed by atoms with Gasteiger partial charge in [-0.25, -0.2) is 0 Å². The van der Waals surface area contributed by atoms with Gasteiger partial charge in [-0.1, -0.05) is 212 Å². The molecule has 0 N–H and O–H groups in total. The summed E-state index contributed by atoms with van der Waals surface area (Å²) in [6.45, 7) is 2.42. The van der Waals surface area contributed by atoms with Crippen LogP contribution in [0.3, 0.4) is 0 Å². The van der Waals surface area contributed by atoms with Gasteiger partial charge in [0, 0.05) is 0 Å². The first-order valence-electron chi connectivity index (χ1n) is 22.7. The van der Waals surface area contributed by atoms with Crippen LogP contribution >= 0.6 is 0 Å². The van der Waals surface area contributed by atoms with Crippen molar-refractivity contribution in [3.8, 4) is 33.4 Å². The van der Waals surface area contributed by atoms with Crippen LogP contribution < -0.4 is 0 Å². The molecule has 0 saturated heterocycles. The molecule has 8 aromatic carbocycles. The summed E-state index contributed by atoms with van der Waals surface area (Å²) in [5, 5.41) is 0. The van der Waals surface area contributed by atoms with Crippen molar-refractivity contribution in [1.82, 2.24) is 0 Å². The van der Waals surface area contributed by atoms with Crippen molar-refractivity contribution < 1.29 is 0 Å². The zero-order valence-corrected chi connectivity index (χ0v) is 35.8. The van der Waals surface area contributed by atoms with Gasteiger partial charge in [0.05, 0.1) is 0 Å². The van der Waals surface area contributed by atoms with Crippen LogP contribution in [0.5, 0.6) is 0 Å². The number of hydrogen-bond acceptors (Lipinski definition) is 0. The molecule has 0 heterocycles. The van der Waals surface area contributed by atoms with Gasteiger partial charge in [-0.3, -0.25) is 0 Å². The van der Waals surface area contributed by atoms with Crippen molar-refractivity contribution in [1.29, 1.82) is 0 Å². The van der Waals surface area contributed by atoms with Crippen LogP contribution in [0.15, 0.2) is 228 Å². The molecule has 0 radical (unpaired) electrons. The summed E-state index contributed by atoms with van der Waals surface area (Å²) in [6, 6.07) is 72.0. The first-order chi connectivity index (χ1) is 31.7. The Hall–Kier alpha value is -7.80. The second-order valence-corrected chi connectivity index (χ2v) is 17.8. The van der Waals surface area contributed by atoms with E-state index in [2.05, 4.69) is 219 Å². The molecule has 0 atom stereocenters. The summed E-state index contributed by atoms with van der Waals surface area (Å²) in [5.41, 5.74) is 33.5. The maximum atomic E-state index is 2.52. The summed E-state index contributed by atoms with van der Waals surface area (Å²) >= 11 is 0. The molecular formula is C64H44. The predicted molar refractivity (Wildman–Crippen MR) is 269 cm³/mol. The molecule has 64 heavy (non-hydrogen) atoms. The van der Waals surface area contributed by atoms with E-state index in [0.29, 0.717) is 0 Å². The lowest BCUT2D eigenvalue weighted by atomic mass is 9.76. The molecule has 0 spiro atoms. The van der Waals surface area contributed by atoms with Crippen LogP contribution in [0.4, 0.5) is 0 Å². The van der Waals surface area contributed by atoms with E-state index in [1.54, 1.807) is 0 Å². The van der Waals surface area contributed by atoms with Gasteiger partial charge in [-0.15, -0.1) is 0 Å². The molecule has 0 aromatic heterocycles. The average Bonchev–Trinajstić information content (AvgIpc) is 4.19. The summed E-state index contributed by atoms with van der Waals surface area (Å²) in [4.78, 5) is 0. The predicted octanol–water partition coefficient (Wildman–Crippen LogP) is 15.9. The van der Waals surface area contributed by atoms with E-state index >= 15 is 0 Å². The van der Waals surface area contributed by atoms with Crippen molar-refractivity contribution in [3.63, 3.8) is 0 Å². The second-order valence-electron chi connectivity index (χ2n) is 17.8. The number of allylic oxidation sites excluding steroid dienone is 9. The SMILES string of the molecule is Cc1c2c(c(-c3ccccc3)c(-c3ccccc3)c1-c1ccccc1)C(C1=Cc3ccccc3C1)=C1C(C3=Cc4ccccc4C3)=C(C3=Cc4ccccc4C3)C(c3ccccc3)=C12. The smallest absolute Gasteiger partial charge is 0.000442 e. The maximum absolute atomic E-state index is 2.52. The van der Waals surface area contributed by atoms with Gasteiger partial charge < -0.3 is 0 Å². The molecule has 5 aliphatic carbocycles. The Labute approximate surface area is 376 Å². The normalized spacial score (nSPS) is 15.5. The molecule has 0 nitrogen and oxygen atoms in total. The molecule has 0 fully saturated rings. The monoisotopic (exact) mass is 812 g/mol. The number of fused-ring (bicyclic) bond motifs is 6. The van der Waals surface area contributed by atoms with Gasteiger partial charge in [0.2, 0.25) is 0 Å². The van der Waals surface area contributed by atoms with E-state index < -0.39 is 0 Å². The van der Waals surface area contributed by atoms with Crippen LogP contribution in [-0.2, 0) is 19.3 Å². The summed E-state index contributed by atoms with van der Waals surface area (Å²) < 4.78 is 0. The highest BCUT2D eigenvalue weighted by Gasteiger charge is 2.46. The van der Waals surface area contributed by atoms with Crippen LogP contribution in [0.25, 0.3) is 68.3 Å². The van der Waals surface area contributed by atoms with Crippen molar-refractivity contribution in [2.45, 2.75) is 26.2 Å². The summed E-state index contributed by atoms with van der Waals surface area (Å²) in [7, 11) is 0. The molecule has 0 aliphatic heterocycles. The fourth-order valence-electron chi connectivity index (χ4n) is 11.6. The van der Waals surface area contributed by atoms with Crippen LogP contribution in [0.1, 0.15) is 55.6 Å². The van der Waals surface area contributed by atoms with Crippen LogP contribution in [0, 0.1) is 6.92 Å². The zero-order valence-electron chi connectivity index (χ0n) is 35.8. The fourth-order valence-corrected chi connectivity index (χ4v) is 11.6. The van der Waals surface area contributed by atoms with E-state index in [-0.39, 0.29) is 0 Å². The minimum Gasteiger partial charge on any atom is -0.0622 e. The lowest BCUT2D eigenvalue weighted by Crippen LogP contribution is -2.05. The maximum Gasteiger partial charge on any atom is -0.000442 e. The third-order valence-electron chi connectivity index (χ3n) is 14.3. The Kier molecular flexibility index (Phi) is 8.43. The number of benzene rings is 8. The molecule has 300 valence electrons. The Morgan fingerprint density at radius 2 is 0.594 bits per heavy atom. The summed E-state index contributed by atoms with van der Waals surface area (Å²) in [6.07, 6.45) is 10.2. The highest BCUT2D eigenvalue weighted by atomic mass is 14.5. The van der Waals surface area contributed by atoms with Crippen molar-refractivity contribution in [2.24, 2.45) is 0 Å². The molecule has 5 aliphatic rings. The minimum absolute atomic E-state index is 0.882. The molecule has 8 aromatic rings. The molecule has 0 saturated carbocycles. The topological polar surface area (TPSA) is 0 Å². The summed E-state index contributed by atoms with van der Waals surface area (Å²) in [5.74, 6) is 0. The van der Waals surface area contributed by atoms with Gasteiger partial charge in [-0.2, -0.15) is 0 Å². The second kappa shape index (κ2) is 14.7. The van der Waals surface area contributed by atoms with E-state index in [9.17, 15) is 0 Å². The molecule has 0 unspecified atom stereocenters. The third kappa shape index (κ3) is 5.62. The average molecular weight is 813 g/mol. The Balaban J connectivity index is 1.25. The van der Waals surface area contributed by atoms with Gasteiger partial charge in [-0.05, 0) is 165 Å². The largest absolute Gasteiger partial charge is 0.0622 e. The van der Waals surface area contributed by atoms with E-state index in [4.69, 9.17) is 0 Å². The van der Waals surface area contributed by atoms with Gasteiger partial charge >= 0.3 is 0 Å². The number of hydrogen-bond donors (Lipinski definition) is 0. The number of rotatable bonds is 7. The van der Waals surface area contributed by atoms with Gasteiger partial charge in [0.25, 0.3) is 0 Å². The van der Waals surface area contributed by atoms with E-state index in [1.165, 1.54) is 139 Å². The van der Waals surface area contributed by atoms with E-state index in [1.807, 2.05) is 0 Å². The fraction of sp³-hybridized carbons (Fsp3) is 0.0625. The molecule has 13 rings (SSSR count). The molecule has 0 heteroatoms. The highest BCUT2D eigenvalue weighted by molar-refractivity contribution is 6.27. The first-order valence-corrected chi connectivity index (χ1v) is 22.7. The Bertz CT molecular complexity index is 3460. The third-order valence-corrected chi connectivity index (χ3v) is 14.3. The Morgan fingerprint density at radius 3 is 1.03 bits per heavy atom. The van der Waals surface area contributed by atoms with Crippen LogP contribution in [0.2, 0.25) is 0 Å². The van der Waals surface area contributed by atoms with Crippen molar-refractivity contribution in [3.05, 3.63) is 283 Å². The minimum atomic E-state index is 0.882. The molecule has 0 bridgehead atoms. The quantitative estimate of drug-likeness (QED) is 0.150. The lowest BCUT2D eigenvalue weighted by molar-refractivity contribution is 1.17. The molecular weight excluding hydrogens is 769 g/mol. The van der Waals surface area contributed by atoms with Crippen molar-refractivity contribution in [2.75, 3.05) is 0 Å². The first kappa shape index (κ1) is 36.8. The van der Waals surface area contributed by atoms with Crippen LogP contribution in [-0.4, -0.2) is 0 Å². The molecule has 0 amide bonds. The van der Waals surface area contributed by atoms with Gasteiger partial charge in [0.1, 0.15) is 0 Å². The standard InChI is InChI=1S/C64H44/c1-40-54(41-20-6-2-7-21-41)56(42-22-8-3-9-23-42)57(43-24-10-4-11-25-43)62-55(40)63-58(44-26-12-5-13-27-44)59(51-34-45-28-14-15-29-46(45)35-51)60(52-36-47-30-16-17-31-48(47)37-52)64(63)61(62)53-38-49-32-18-19-33-50(49)39-53/h2-34,36,38H,35,37,39H2,1H3. The lowest BCUT2D eigenvalue weighted by Gasteiger charge is -2.26.